The Morgan fingerprint density at radius 3 is 2.27 bits per heavy atom. The Labute approximate surface area is 128 Å². The summed E-state index contributed by atoms with van der Waals surface area (Å²) < 4.78 is 11.5. The van der Waals surface area contributed by atoms with E-state index in [1.165, 1.54) is 0 Å². The summed E-state index contributed by atoms with van der Waals surface area (Å²) in [6, 6.07) is 7.28. The number of aliphatic carboxylic acids is 2. The van der Waals surface area contributed by atoms with Gasteiger partial charge in [0.2, 0.25) is 5.66 Å². The van der Waals surface area contributed by atoms with Crippen LogP contribution in [0, 0.1) is 12.8 Å². The third kappa shape index (κ3) is 5.79. The van der Waals surface area contributed by atoms with Gasteiger partial charge in [-0.25, -0.2) is 0 Å². The van der Waals surface area contributed by atoms with Crippen molar-refractivity contribution in [2.45, 2.75) is 25.4 Å². The summed E-state index contributed by atoms with van der Waals surface area (Å²) in [6.07, 6.45) is -0.548. The van der Waals surface area contributed by atoms with Crippen LogP contribution in [0.25, 0.3) is 0 Å². The molecule has 0 aliphatic heterocycles. The van der Waals surface area contributed by atoms with E-state index >= 15 is 0 Å². The van der Waals surface area contributed by atoms with Crippen LogP contribution in [0.2, 0.25) is 0 Å². The first-order valence-corrected chi connectivity index (χ1v) is 7.99. The van der Waals surface area contributed by atoms with Gasteiger partial charge in [-0.1, -0.05) is 17.7 Å². The highest BCUT2D eigenvalue weighted by atomic mass is 31.1. The third-order valence-electron chi connectivity index (χ3n) is 3.30. The summed E-state index contributed by atoms with van der Waals surface area (Å²) in [6.45, 7) is 1.90. The molecule has 0 spiro atoms. The quantitative estimate of drug-likeness (QED) is 0.512. The molecule has 0 saturated carbocycles. The van der Waals surface area contributed by atoms with Crippen LogP contribution < -0.4 is 5.32 Å². The molecule has 0 saturated heterocycles. The first-order chi connectivity index (χ1) is 10.3. The normalized spacial score (nSPS) is 14.0. The third-order valence-corrected chi connectivity index (χ3v) is 4.41. The second-order valence-corrected chi connectivity index (χ2v) is 6.26. The van der Waals surface area contributed by atoms with Gasteiger partial charge in [0.05, 0.1) is 6.54 Å². The van der Waals surface area contributed by atoms with E-state index in [9.17, 15) is 24.2 Å². The fourth-order valence-electron chi connectivity index (χ4n) is 2.03. The molecular weight excluding hydrogens is 309 g/mol. The van der Waals surface area contributed by atoms with Crippen LogP contribution in [0.5, 0.6) is 0 Å². The highest BCUT2D eigenvalue weighted by Gasteiger charge is 2.42. The molecule has 7 nitrogen and oxygen atoms in total. The number of hydrogen-bond donors (Lipinski definition) is 4. The van der Waals surface area contributed by atoms with Crippen LogP contribution in [0.4, 0.5) is 5.69 Å². The summed E-state index contributed by atoms with van der Waals surface area (Å²) in [5, 5.41) is 20.8. The van der Waals surface area contributed by atoms with Crippen molar-refractivity contribution in [2.75, 3.05) is 11.9 Å². The molecule has 3 atom stereocenters. The van der Waals surface area contributed by atoms with Gasteiger partial charge >= 0.3 is 20.0 Å². The Kier molecular flexibility index (Phi) is 6.95. The predicted octanol–water partition coefficient (Wildman–Crippen LogP) is 2.08. The zero-order valence-corrected chi connectivity index (χ0v) is 13.0. The maximum atomic E-state index is 11.5. The summed E-state index contributed by atoms with van der Waals surface area (Å²) in [7, 11) is -2.76. The van der Waals surface area contributed by atoms with Gasteiger partial charge in [0.1, 0.15) is 5.92 Å². The lowest BCUT2D eigenvalue weighted by Gasteiger charge is -2.15. The molecule has 22 heavy (non-hydrogen) atoms. The Morgan fingerprint density at radius 1 is 1.23 bits per heavy atom. The van der Waals surface area contributed by atoms with E-state index in [1.54, 1.807) is 12.1 Å². The molecule has 0 bridgehead atoms. The minimum Gasteiger partial charge on any atom is -0.481 e. The zero-order chi connectivity index (χ0) is 16.7. The van der Waals surface area contributed by atoms with Crippen LogP contribution in [-0.4, -0.2) is 39.2 Å². The van der Waals surface area contributed by atoms with Crippen molar-refractivity contribution in [3.63, 3.8) is 0 Å². The van der Waals surface area contributed by atoms with Gasteiger partial charge in [-0.2, -0.15) is 4.89 Å². The standard InChI is InChI=1S/C14H18NO6P/c1-9-2-4-10(5-3-9)15-8-12(22(20)21)11(14(18)19)6-7-13(16)17/h2-5,11-12,15H,6-8H2,1H3,(H2-,16,17,18,19,20,21)/p+1. The maximum absolute atomic E-state index is 11.5. The predicted molar refractivity (Wildman–Crippen MR) is 81.3 cm³/mol. The number of nitrogens with one attached hydrogen (secondary N) is 1. The van der Waals surface area contributed by atoms with Gasteiger partial charge in [-0.05, 0) is 30.0 Å². The number of anilines is 1. The molecule has 4 N–H and O–H groups in total. The van der Waals surface area contributed by atoms with Crippen LogP contribution in [-0.2, 0) is 14.2 Å². The molecular formula is C14H19NO6P+. The number of carboxylic acid groups (broad SMARTS) is 2. The molecule has 0 aromatic heterocycles. The molecule has 0 fully saturated rings. The molecule has 3 unspecified atom stereocenters. The van der Waals surface area contributed by atoms with Gasteiger partial charge in [0.25, 0.3) is 0 Å². The lowest BCUT2D eigenvalue weighted by molar-refractivity contribution is -0.142. The number of benzene rings is 1. The zero-order valence-electron chi connectivity index (χ0n) is 12.1. The summed E-state index contributed by atoms with van der Waals surface area (Å²) in [4.78, 5) is 31.2. The highest BCUT2D eigenvalue weighted by molar-refractivity contribution is 7.39. The monoisotopic (exact) mass is 328 g/mol. The minimum atomic E-state index is -2.76. The van der Waals surface area contributed by atoms with Gasteiger partial charge in [0, 0.05) is 12.1 Å². The lowest BCUT2D eigenvalue weighted by atomic mass is 9.99. The molecule has 0 radical (unpaired) electrons. The van der Waals surface area contributed by atoms with Crippen molar-refractivity contribution in [2.24, 2.45) is 5.92 Å². The van der Waals surface area contributed by atoms with Crippen molar-refractivity contribution in [1.29, 1.82) is 0 Å². The van der Waals surface area contributed by atoms with E-state index in [1.807, 2.05) is 19.1 Å². The number of hydrogen-bond acceptors (Lipinski definition) is 4. The number of aryl methyl sites for hydroxylation is 1. The fourth-order valence-corrected chi connectivity index (χ4v) is 2.86. The summed E-state index contributed by atoms with van der Waals surface area (Å²) in [5.74, 6) is -3.60. The van der Waals surface area contributed by atoms with Gasteiger partial charge in [-0.15, -0.1) is 0 Å². The molecule has 0 heterocycles. The van der Waals surface area contributed by atoms with E-state index in [0.29, 0.717) is 5.69 Å². The fraction of sp³-hybridized carbons (Fsp3) is 0.429. The van der Waals surface area contributed by atoms with Gasteiger partial charge in [-0.3, -0.25) is 9.59 Å². The van der Waals surface area contributed by atoms with Crippen LogP contribution in [0.3, 0.4) is 0 Å². The van der Waals surface area contributed by atoms with Crippen molar-refractivity contribution < 1.29 is 29.3 Å². The van der Waals surface area contributed by atoms with E-state index in [2.05, 4.69) is 5.32 Å². The van der Waals surface area contributed by atoms with Crippen molar-refractivity contribution in [1.82, 2.24) is 0 Å². The van der Waals surface area contributed by atoms with Crippen LogP contribution in [0.15, 0.2) is 24.3 Å². The largest absolute Gasteiger partial charge is 0.511 e. The smallest absolute Gasteiger partial charge is 0.481 e. The first kappa shape index (κ1) is 18.1. The Balaban J connectivity index is 2.76. The van der Waals surface area contributed by atoms with E-state index in [4.69, 9.17) is 5.11 Å². The van der Waals surface area contributed by atoms with E-state index in [-0.39, 0.29) is 19.4 Å². The van der Waals surface area contributed by atoms with Gasteiger partial charge in [0.15, 0.2) is 0 Å². The first-order valence-electron chi connectivity index (χ1n) is 6.71. The number of carboxylic acids is 2. The second-order valence-electron chi connectivity index (χ2n) is 4.99. The molecule has 8 heteroatoms. The van der Waals surface area contributed by atoms with Crippen LogP contribution >= 0.6 is 8.03 Å². The van der Waals surface area contributed by atoms with Gasteiger partial charge < -0.3 is 15.5 Å². The SMILES string of the molecule is Cc1ccc(NCC(C(CCC(=O)O)C(=O)O)[P+](=O)O)cc1. The lowest BCUT2D eigenvalue weighted by Crippen LogP contribution is -2.32. The highest BCUT2D eigenvalue weighted by Crippen LogP contribution is 2.32. The van der Waals surface area contributed by atoms with Crippen molar-refractivity contribution in [3.8, 4) is 0 Å². The maximum Gasteiger partial charge on any atom is 0.511 e. The molecule has 1 aromatic rings. The summed E-state index contributed by atoms with van der Waals surface area (Å²) >= 11 is 0. The number of carbonyl (C=O) groups is 2. The summed E-state index contributed by atoms with van der Waals surface area (Å²) in [5.41, 5.74) is 0.697. The van der Waals surface area contributed by atoms with Crippen molar-refractivity contribution >= 4 is 25.7 Å². The Bertz CT molecular complexity index is 545. The second kappa shape index (κ2) is 8.46. The van der Waals surface area contributed by atoms with Crippen molar-refractivity contribution in [3.05, 3.63) is 29.8 Å². The molecule has 1 rings (SSSR count). The minimum absolute atomic E-state index is 0.0225. The Morgan fingerprint density at radius 2 is 1.82 bits per heavy atom. The topological polar surface area (TPSA) is 124 Å². The molecule has 1 aromatic carbocycles. The average Bonchev–Trinajstić information content (AvgIpc) is 2.43. The average molecular weight is 328 g/mol. The van der Waals surface area contributed by atoms with E-state index < -0.39 is 31.5 Å². The molecule has 120 valence electrons. The molecule has 0 aliphatic rings. The van der Waals surface area contributed by atoms with Crippen LogP contribution in [0.1, 0.15) is 18.4 Å². The number of rotatable bonds is 9. The van der Waals surface area contributed by atoms with E-state index in [0.717, 1.165) is 5.56 Å². The Hall–Kier alpha value is -1.98. The molecule has 0 amide bonds. The molecule has 0 aliphatic carbocycles.